The van der Waals surface area contributed by atoms with Crippen LogP contribution in [-0.4, -0.2) is 0 Å². The zero-order valence-corrected chi connectivity index (χ0v) is 38.6. The van der Waals surface area contributed by atoms with Crippen LogP contribution in [0.5, 0.6) is 0 Å². The van der Waals surface area contributed by atoms with Crippen LogP contribution in [0, 0.1) is 0 Å². The van der Waals surface area contributed by atoms with Crippen LogP contribution in [0.15, 0.2) is 292 Å². The quantitative estimate of drug-likeness (QED) is 0.0597. The average molecular weight is 902 g/mol. The Morgan fingerprint density at radius 2 is 1.06 bits per heavy atom. The van der Waals surface area contributed by atoms with E-state index in [-0.39, 0.29) is 29.8 Å². The lowest BCUT2D eigenvalue weighted by atomic mass is 9.67. The standard InChI is InChI=1S/C69H53N/c1-2-52(29-22-30-57(53-25-10-4-11-26-53)49-51-23-8-3-9-24-51)54-39-43-60(44-40-54)70(61-45-41-56(42-46-61)64-36-19-18-35-63(64)55-27-12-5-13-28-55)62-47-48-66-65-37-20-21-38-67(65)69(68(66)50-62,58-31-14-6-15-32-58)59-33-16-7-17-34-59/h2-28,30-50,52H,1,29H2/b30-22+,57-49-/i1D,2D,22D,29D,39D,44D/b2-1?,30-22+,57-49-. The Hall–Kier alpha value is -8.78. The van der Waals surface area contributed by atoms with E-state index >= 15 is 0 Å². The highest BCUT2D eigenvalue weighted by atomic mass is 15.1. The molecule has 0 aromatic heterocycles. The summed E-state index contributed by atoms with van der Waals surface area (Å²) in [5, 5.41) is 0. The van der Waals surface area contributed by atoms with E-state index in [9.17, 15) is 5.48 Å². The molecule has 0 saturated carbocycles. The molecule has 2 atom stereocenters. The molecule has 70 heavy (non-hydrogen) atoms. The first kappa shape index (κ1) is 37.2. The SMILES string of the molecule is [2H]C=C([2H])C(c1cc([2H])c(N(c2ccc(-c3ccccc3-c3ccccc3)cc2)c2ccc3c(c2)C(c2ccccc2)(c2ccccc2)c2ccccc2-3)cc1[2H])C([2H])/C([2H])=C/C(=C/c1ccccc1)c1ccccc1. The van der Waals surface area contributed by atoms with Crippen LogP contribution in [0.3, 0.4) is 0 Å². The van der Waals surface area contributed by atoms with Gasteiger partial charge in [0.15, 0.2) is 0 Å². The summed E-state index contributed by atoms with van der Waals surface area (Å²) < 4.78 is 56.1. The number of nitrogens with zero attached hydrogens (tertiary/aromatic N) is 1. The van der Waals surface area contributed by atoms with Crippen LogP contribution in [0.4, 0.5) is 17.1 Å². The van der Waals surface area contributed by atoms with E-state index in [0.717, 1.165) is 79.1 Å². The van der Waals surface area contributed by atoms with Crippen molar-refractivity contribution in [1.82, 2.24) is 0 Å². The van der Waals surface area contributed by atoms with Gasteiger partial charge in [0.05, 0.1) is 12.3 Å². The van der Waals surface area contributed by atoms with Crippen molar-refractivity contribution < 1.29 is 8.22 Å². The molecule has 0 spiro atoms. The van der Waals surface area contributed by atoms with E-state index in [1.54, 1.807) is 18.2 Å². The summed E-state index contributed by atoms with van der Waals surface area (Å²) in [4.78, 5) is 2.03. The number of rotatable bonds is 14. The van der Waals surface area contributed by atoms with Gasteiger partial charge in [0.1, 0.15) is 0 Å². The van der Waals surface area contributed by atoms with Gasteiger partial charge in [0.25, 0.3) is 0 Å². The Labute approximate surface area is 421 Å². The van der Waals surface area contributed by atoms with E-state index in [1.165, 1.54) is 5.56 Å². The smallest absolute Gasteiger partial charge is 0.0714 e. The zero-order valence-electron chi connectivity index (χ0n) is 44.6. The fraction of sp³-hybridized carbons (Fsp3) is 0.0435. The second-order valence-electron chi connectivity index (χ2n) is 17.5. The number of benzene rings is 10. The topological polar surface area (TPSA) is 3.24 Å². The molecule has 0 bridgehead atoms. The fourth-order valence-electron chi connectivity index (χ4n) is 10.1. The highest BCUT2D eigenvalue weighted by Gasteiger charge is 2.46. The van der Waals surface area contributed by atoms with Gasteiger partial charge < -0.3 is 4.90 Å². The maximum atomic E-state index is 9.95. The third-order valence-corrected chi connectivity index (χ3v) is 13.4. The van der Waals surface area contributed by atoms with Gasteiger partial charge in [-0.3, -0.25) is 0 Å². The summed E-state index contributed by atoms with van der Waals surface area (Å²) >= 11 is 0. The minimum Gasteiger partial charge on any atom is -0.310 e. The van der Waals surface area contributed by atoms with Gasteiger partial charge in [-0.25, -0.2) is 0 Å². The van der Waals surface area contributed by atoms with Gasteiger partial charge in [0, 0.05) is 24.4 Å². The molecule has 0 fully saturated rings. The molecule has 2 unspecified atom stereocenters. The van der Waals surface area contributed by atoms with Crippen molar-refractivity contribution in [2.75, 3.05) is 4.90 Å². The Balaban J connectivity index is 1.07. The number of hydrogen-bond donors (Lipinski definition) is 0. The summed E-state index contributed by atoms with van der Waals surface area (Å²) in [6, 6.07) is 85.9. The van der Waals surface area contributed by atoms with E-state index < -0.39 is 17.7 Å². The molecule has 1 aliphatic carbocycles. The molecule has 1 heteroatoms. The van der Waals surface area contributed by atoms with Crippen molar-refractivity contribution in [3.63, 3.8) is 0 Å². The lowest BCUT2D eigenvalue weighted by Crippen LogP contribution is -2.28. The molecule has 334 valence electrons. The van der Waals surface area contributed by atoms with Crippen LogP contribution >= 0.6 is 0 Å². The van der Waals surface area contributed by atoms with Crippen molar-refractivity contribution in [2.24, 2.45) is 0 Å². The molecule has 10 aromatic carbocycles. The summed E-state index contributed by atoms with van der Waals surface area (Å²) in [6.45, 7) is 0.881. The molecule has 0 saturated heterocycles. The number of fused-ring (bicyclic) bond motifs is 3. The lowest BCUT2D eigenvalue weighted by Gasteiger charge is -2.35. The maximum absolute atomic E-state index is 9.95. The first-order valence-corrected chi connectivity index (χ1v) is 23.7. The fourth-order valence-corrected chi connectivity index (χ4v) is 10.1. The monoisotopic (exact) mass is 901 g/mol. The summed E-state index contributed by atoms with van der Waals surface area (Å²) in [5.41, 5.74) is 15.0. The Morgan fingerprint density at radius 1 is 0.514 bits per heavy atom. The largest absolute Gasteiger partial charge is 0.310 e. The van der Waals surface area contributed by atoms with Crippen LogP contribution in [0.25, 0.3) is 45.0 Å². The highest BCUT2D eigenvalue weighted by molar-refractivity contribution is 5.91. The molecule has 0 N–H and O–H groups in total. The van der Waals surface area contributed by atoms with Crippen LogP contribution in [0.2, 0.25) is 0 Å². The molecular formula is C69H53N. The summed E-state index contributed by atoms with van der Waals surface area (Å²) in [6.07, 6.45) is 2.23. The van der Waals surface area contributed by atoms with Gasteiger partial charge in [0.2, 0.25) is 0 Å². The second kappa shape index (κ2) is 19.8. The Morgan fingerprint density at radius 3 is 1.71 bits per heavy atom. The third kappa shape index (κ3) is 8.44. The van der Waals surface area contributed by atoms with Gasteiger partial charge in [-0.15, -0.1) is 6.55 Å². The molecule has 0 radical (unpaired) electrons. The predicted octanol–water partition coefficient (Wildman–Crippen LogP) is 18.3. The van der Waals surface area contributed by atoms with Gasteiger partial charge in [-0.2, -0.15) is 0 Å². The van der Waals surface area contributed by atoms with E-state index in [4.69, 9.17) is 2.74 Å². The highest BCUT2D eigenvalue weighted by Crippen LogP contribution is 2.57. The zero-order chi connectivity index (χ0) is 52.2. The molecule has 1 nitrogen and oxygen atoms in total. The minimum absolute atomic E-state index is 0.00866. The van der Waals surface area contributed by atoms with E-state index in [1.807, 2.05) is 102 Å². The van der Waals surface area contributed by atoms with Crippen molar-refractivity contribution in [1.29, 1.82) is 0 Å². The van der Waals surface area contributed by atoms with Crippen LogP contribution in [-0.2, 0) is 5.41 Å². The Bertz CT molecular complexity index is 3720. The van der Waals surface area contributed by atoms with Gasteiger partial charge in [-0.1, -0.05) is 249 Å². The summed E-state index contributed by atoms with van der Waals surface area (Å²) in [5.74, 6) is -1.19. The molecule has 0 heterocycles. The minimum atomic E-state index is -1.38. The first-order chi connectivity index (χ1) is 37.2. The number of anilines is 3. The summed E-state index contributed by atoms with van der Waals surface area (Å²) in [7, 11) is 0. The lowest BCUT2D eigenvalue weighted by molar-refractivity contribution is 0.768. The molecule has 0 amide bonds. The normalized spacial score (nSPS) is 15.2. The van der Waals surface area contributed by atoms with Crippen molar-refractivity contribution in [3.05, 3.63) is 331 Å². The van der Waals surface area contributed by atoms with Crippen molar-refractivity contribution in [2.45, 2.75) is 17.7 Å². The molecule has 1 aliphatic rings. The van der Waals surface area contributed by atoms with E-state index in [2.05, 4.69) is 152 Å². The van der Waals surface area contributed by atoms with Gasteiger partial charge >= 0.3 is 0 Å². The Kier molecular flexibility index (Phi) is 10.5. The number of hydrogen-bond acceptors (Lipinski definition) is 1. The molecule has 10 aromatic rings. The van der Waals surface area contributed by atoms with Crippen molar-refractivity contribution in [3.8, 4) is 33.4 Å². The van der Waals surface area contributed by atoms with Crippen molar-refractivity contribution >= 4 is 28.7 Å². The molecule has 11 rings (SSSR count). The molecular weight excluding hydrogens is 843 g/mol. The average Bonchev–Trinajstić information content (AvgIpc) is 4.03. The van der Waals surface area contributed by atoms with Crippen LogP contribution in [0.1, 0.15) is 59.5 Å². The third-order valence-electron chi connectivity index (χ3n) is 13.4. The first-order valence-electron chi connectivity index (χ1n) is 26.9. The van der Waals surface area contributed by atoms with Crippen LogP contribution < -0.4 is 4.90 Å². The molecule has 0 aliphatic heterocycles. The van der Waals surface area contributed by atoms with E-state index in [0.29, 0.717) is 11.3 Å². The number of allylic oxidation sites excluding steroid dienone is 4. The van der Waals surface area contributed by atoms with Gasteiger partial charge in [-0.05, 0) is 127 Å². The predicted molar refractivity (Wildman–Crippen MR) is 297 cm³/mol. The second-order valence-corrected chi connectivity index (χ2v) is 17.5. The maximum Gasteiger partial charge on any atom is 0.0714 e.